The molecule has 1 fully saturated rings. The van der Waals surface area contributed by atoms with E-state index in [-0.39, 0.29) is 12.5 Å². The second-order valence-electron chi connectivity index (χ2n) is 5.31. The van der Waals surface area contributed by atoms with E-state index in [2.05, 4.69) is 0 Å². The maximum absolute atomic E-state index is 12.7. The Kier molecular flexibility index (Phi) is 5.60. The number of rotatable bonds is 5. The number of aliphatic carboxylic acids is 1. The highest BCUT2D eigenvalue weighted by Crippen LogP contribution is 2.19. The van der Waals surface area contributed by atoms with Gasteiger partial charge in [0.25, 0.3) is 0 Å². The van der Waals surface area contributed by atoms with Gasteiger partial charge in [0.2, 0.25) is 0 Å². The van der Waals surface area contributed by atoms with Gasteiger partial charge in [0.1, 0.15) is 0 Å². The van der Waals surface area contributed by atoms with Crippen molar-refractivity contribution in [1.82, 2.24) is 4.90 Å². The summed E-state index contributed by atoms with van der Waals surface area (Å²) in [5, 5.41) is 8.77. The van der Waals surface area contributed by atoms with Gasteiger partial charge in [-0.15, -0.1) is 0 Å². The number of amides is 2. The molecule has 1 aliphatic rings. The lowest BCUT2D eigenvalue weighted by atomic mass is 10.1. The van der Waals surface area contributed by atoms with Crippen LogP contribution >= 0.6 is 0 Å². The van der Waals surface area contributed by atoms with Gasteiger partial charge in [-0.3, -0.25) is 9.69 Å². The van der Waals surface area contributed by atoms with E-state index in [0.717, 1.165) is 31.6 Å². The van der Waals surface area contributed by atoms with Gasteiger partial charge in [-0.25, -0.2) is 4.79 Å². The van der Waals surface area contributed by atoms with E-state index in [4.69, 9.17) is 5.11 Å². The molecule has 2 amide bonds. The maximum Gasteiger partial charge on any atom is 0.324 e. The van der Waals surface area contributed by atoms with Crippen molar-refractivity contribution in [3.05, 3.63) is 30.3 Å². The number of carbonyl (C=O) groups is 2. The van der Waals surface area contributed by atoms with Crippen LogP contribution in [-0.2, 0) is 4.79 Å². The third-order valence-corrected chi connectivity index (χ3v) is 3.70. The normalized spacial score (nSPS) is 14.8. The third-order valence-electron chi connectivity index (χ3n) is 3.70. The van der Waals surface area contributed by atoms with Crippen LogP contribution in [-0.4, -0.2) is 41.6 Å². The molecule has 5 nitrogen and oxygen atoms in total. The number of likely N-dealkylation sites (tertiary alicyclic amines) is 1. The average Bonchev–Trinajstić information content (AvgIpc) is 2.52. The molecular weight excluding hydrogens is 268 g/mol. The highest BCUT2D eigenvalue weighted by molar-refractivity contribution is 5.92. The number of urea groups is 1. The zero-order chi connectivity index (χ0) is 15.1. The molecule has 0 atom stereocenters. The standard InChI is InChI=1S/C16H22N2O3/c19-15(20)10-7-13-18(14-8-3-1-4-9-14)16(21)17-11-5-2-6-12-17/h1,3-4,8-9H,2,5-7,10-13H2,(H,19,20). The van der Waals surface area contributed by atoms with Crippen LogP contribution in [0.15, 0.2) is 30.3 Å². The van der Waals surface area contributed by atoms with Crippen molar-refractivity contribution in [3.63, 3.8) is 0 Å². The quantitative estimate of drug-likeness (QED) is 0.907. The smallest absolute Gasteiger partial charge is 0.324 e. The van der Waals surface area contributed by atoms with Crippen molar-refractivity contribution >= 4 is 17.7 Å². The number of carboxylic acid groups (broad SMARTS) is 1. The molecule has 0 aliphatic carbocycles. The molecule has 0 aromatic heterocycles. The van der Waals surface area contributed by atoms with E-state index < -0.39 is 5.97 Å². The topological polar surface area (TPSA) is 60.9 Å². The number of benzene rings is 1. The highest BCUT2D eigenvalue weighted by Gasteiger charge is 2.23. The van der Waals surface area contributed by atoms with E-state index >= 15 is 0 Å². The van der Waals surface area contributed by atoms with Crippen LogP contribution < -0.4 is 4.90 Å². The monoisotopic (exact) mass is 290 g/mol. The van der Waals surface area contributed by atoms with Gasteiger partial charge in [0, 0.05) is 31.7 Å². The molecule has 1 aromatic carbocycles. The van der Waals surface area contributed by atoms with Crippen LogP contribution in [0.2, 0.25) is 0 Å². The van der Waals surface area contributed by atoms with Crippen molar-refractivity contribution < 1.29 is 14.7 Å². The Morgan fingerprint density at radius 3 is 2.38 bits per heavy atom. The predicted molar refractivity (Wildman–Crippen MR) is 81.5 cm³/mol. The summed E-state index contributed by atoms with van der Waals surface area (Å²) in [6.07, 6.45) is 3.81. The lowest BCUT2D eigenvalue weighted by Crippen LogP contribution is -2.46. The molecule has 0 radical (unpaired) electrons. The first-order chi connectivity index (χ1) is 10.2. The fourth-order valence-corrected chi connectivity index (χ4v) is 2.59. The first-order valence-electron chi connectivity index (χ1n) is 7.52. The maximum atomic E-state index is 12.7. The third kappa shape index (κ3) is 4.48. The van der Waals surface area contributed by atoms with Crippen LogP contribution in [0.1, 0.15) is 32.1 Å². The molecular formula is C16H22N2O3. The van der Waals surface area contributed by atoms with Crippen molar-refractivity contribution in [2.24, 2.45) is 0 Å². The average molecular weight is 290 g/mol. The first-order valence-corrected chi connectivity index (χ1v) is 7.52. The second kappa shape index (κ2) is 7.67. The number of para-hydroxylation sites is 1. The minimum Gasteiger partial charge on any atom is -0.481 e. The van der Waals surface area contributed by atoms with Gasteiger partial charge in [-0.05, 0) is 37.8 Å². The second-order valence-corrected chi connectivity index (χ2v) is 5.31. The van der Waals surface area contributed by atoms with E-state index in [1.165, 1.54) is 6.42 Å². The Morgan fingerprint density at radius 2 is 1.76 bits per heavy atom. The van der Waals surface area contributed by atoms with Gasteiger partial charge in [-0.2, -0.15) is 0 Å². The SMILES string of the molecule is O=C(O)CCCN(C(=O)N1CCCCC1)c1ccccc1. The molecule has 0 saturated carbocycles. The number of hydrogen-bond acceptors (Lipinski definition) is 2. The van der Waals surface area contributed by atoms with Crippen LogP contribution in [0.4, 0.5) is 10.5 Å². The van der Waals surface area contributed by atoms with Gasteiger partial charge >= 0.3 is 12.0 Å². The van der Waals surface area contributed by atoms with Gasteiger partial charge in [0.15, 0.2) is 0 Å². The van der Waals surface area contributed by atoms with E-state index in [0.29, 0.717) is 13.0 Å². The van der Waals surface area contributed by atoms with Crippen molar-refractivity contribution in [3.8, 4) is 0 Å². The van der Waals surface area contributed by atoms with Gasteiger partial charge < -0.3 is 10.0 Å². The summed E-state index contributed by atoms with van der Waals surface area (Å²) in [6.45, 7) is 2.02. The number of anilines is 1. The van der Waals surface area contributed by atoms with Crippen molar-refractivity contribution in [2.45, 2.75) is 32.1 Å². The number of carboxylic acids is 1. The molecule has 5 heteroatoms. The van der Waals surface area contributed by atoms with Crippen LogP contribution in [0.5, 0.6) is 0 Å². The van der Waals surface area contributed by atoms with Crippen molar-refractivity contribution in [1.29, 1.82) is 0 Å². The lowest BCUT2D eigenvalue weighted by Gasteiger charge is -2.33. The highest BCUT2D eigenvalue weighted by atomic mass is 16.4. The predicted octanol–water partition coefficient (Wildman–Crippen LogP) is 2.96. The van der Waals surface area contributed by atoms with E-state index in [1.807, 2.05) is 35.2 Å². The summed E-state index contributed by atoms with van der Waals surface area (Å²) in [5.74, 6) is -0.826. The van der Waals surface area contributed by atoms with Gasteiger partial charge in [0.05, 0.1) is 0 Å². The van der Waals surface area contributed by atoms with Crippen molar-refractivity contribution in [2.75, 3.05) is 24.5 Å². The summed E-state index contributed by atoms with van der Waals surface area (Å²) in [4.78, 5) is 26.9. The molecule has 1 N–H and O–H groups in total. The Morgan fingerprint density at radius 1 is 1.10 bits per heavy atom. The molecule has 0 spiro atoms. The molecule has 1 heterocycles. The summed E-state index contributed by atoms with van der Waals surface area (Å²) < 4.78 is 0. The summed E-state index contributed by atoms with van der Waals surface area (Å²) in [7, 11) is 0. The van der Waals surface area contributed by atoms with Crippen LogP contribution in [0.25, 0.3) is 0 Å². The summed E-state index contributed by atoms with van der Waals surface area (Å²) >= 11 is 0. The Balaban J connectivity index is 2.06. The van der Waals surface area contributed by atoms with Crippen LogP contribution in [0, 0.1) is 0 Å². The minimum absolute atomic E-state index is 0.00807. The molecule has 0 unspecified atom stereocenters. The molecule has 21 heavy (non-hydrogen) atoms. The first kappa shape index (κ1) is 15.4. The summed E-state index contributed by atoms with van der Waals surface area (Å²) in [5.41, 5.74) is 0.832. The van der Waals surface area contributed by atoms with E-state index in [1.54, 1.807) is 4.90 Å². The lowest BCUT2D eigenvalue weighted by molar-refractivity contribution is -0.137. The molecule has 0 bridgehead atoms. The molecule has 1 aliphatic heterocycles. The molecule has 1 aromatic rings. The Bertz CT molecular complexity index is 470. The zero-order valence-electron chi connectivity index (χ0n) is 12.2. The fraction of sp³-hybridized carbons (Fsp3) is 0.500. The number of hydrogen-bond donors (Lipinski definition) is 1. The Labute approximate surface area is 125 Å². The number of nitrogens with zero attached hydrogens (tertiary/aromatic N) is 2. The zero-order valence-corrected chi connectivity index (χ0v) is 12.2. The fourth-order valence-electron chi connectivity index (χ4n) is 2.59. The van der Waals surface area contributed by atoms with Crippen LogP contribution in [0.3, 0.4) is 0 Å². The number of piperidine rings is 1. The molecule has 1 saturated heterocycles. The minimum atomic E-state index is -0.826. The largest absolute Gasteiger partial charge is 0.481 e. The van der Waals surface area contributed by atoms with Gasteiger partial charge in [-0.1, -0.05) is 18.2 Å². The molecule has 114 valence electrons. The van der Waals surface area contributed by atoms with E-state index in [9.17, 15) is 9.59 Å². The molecule has 2 rings (SSSR count). The number of carbonyl (C=O) groups excluding carboxylic acids is 1. The Hall–Kier alpha value is -2.04. The summed E-state index contributed by atoms with van der Waals surface area (Å²) in [6, 6.07) is 9.47.